The van der Waals surface area contributed by atoms with Crippen LogP contribution in [0, 0.1) is 25.2 Å². The number of fused-ring (bicyclic) bond motifs is 1. The number of nitrogens with one attached hydrogen (secondary N) is 1. The minimum Gasteiger partial charge on any atom is -0.380 e. The van der Waals surface area contributed by atoms with Crippen molar-refractivity contribution in [3.8, 4) is 6.07 Å². The Morgan fingerprint density at radius 3 is 2.74 bits per heavy atom. The number of benzene rings is 1. The van der Waals surface area contributed by atoms with E-state index >= 15 is 0 Å². The minimum absolute atomic E-state index is 0.0514. The van der Waals surface area contributed by atoms with E-state index in [9.17, 15) is 5.26 Å². The van der Waals surface area contributed by atoms with Gasteiger partial charge in [-0.05, 0) is 51.0 Å². The zero-order valence-electron chi connectivity index (χ0n) is 18.1. The third-order valence-electron chi connectivity index (χ3n) is 5.70. The molecule has 0 aliphatic carbocycles. The SMILES string of the molecule is COC1CCN(c2nc3c([C@@H](C)Nc4ccc(Cl)nc4C)cc(C)cc3nc2C#N)C1. The molecule has 2 aromatic heterocycles. The molecule has 1 N–H and O–H groups in total. The fourth-order valence-corrected chi connectivity index (χ4v) is 4.25. The second-order valence-corrected chi connectivity index (χ2v) is 8.34. The highest BCUT2D eigenvalue weighted by atomic mass is 35.5. The summed E-state index contributed by atoms with van der Waals surface area (Å²) in [4.78, 5) is 16.0. The van der Waals surface area contributed by atoms with Crippen LogP contribution in [-0.2, 0) is 4.74 Å². The molecule has 1 aliphatic rings. The highest BCUT2D eigenvalue weighted by Crippen LogP contribution is 2.31. The van der Waals surface area contributed by atoms with Crippen LogP contribution in [0.5, 0.6) is 0 Å². The van der Waals surface area contributed by atoms with Crippen LogP contribution < -0.4 is 10.2 Å². The summed E-state index contributed by atoms with van der Waals surface area (Å²) < 4.78 is 5.49. The van der Waals surface area contributed by atoms with Gasteiger partial charge in [-0.25, -0.2) is 15.0 Å². The van der Waals surface area contributed by atoms with Crippen LogP contribution in [-0.4, -0.2) is 41.3 Å². The largest absolute Gasteiger partial charge is 0.380 e. The van der Waals surface area contributed by atoms with Crippen LogP contribution in [0.15, 0.2) is 24.3 Å². The first-order chi connectivity index (χ1) is 14.9. The zero-order chi connectivity index (χ0) is 22.1. The second-order valence-electron chi connectivity index (χ2n) is 7.95. The summed E-state index contributed by atoms with van der Waals surface area (Å²) in [6.07, 6.45) is 1.05. The van der Waals surface area contributed by atoms with Gasteiger partial charge in [0.25, 0.3) is 0 Å². The van der Waals surface area contributed by atoms with Gasteiger partial charge < -0.3 is 15.0 Å². The maximum atomic E-state index is 9.72. The molecule has 1 fully saturated rings. The number of nitrogens with zero attached hydrogens (tertiary/aromatic N) is 5. The number of hydrogen-bond donors (Lipinski definition) is 1. The van der Waals surface area contributed by atoms with Crippen LogP contribution in [0.2, 0.25) is 5.15 Å². The third kappa shape index (κ3) is 4.27. The van der Waals surface area contributed by atoms with Crippen molar-refractivity contribution in [1.29, 1.82) is 5.26 Å². The zero-order valence-corrected chi connectivity index (χ0v) is 18.9. The average molecular weight is 437 g/mol. The molecule has 0 amide bonds. The molecule has 1 saturated heterocycles. The molecule has 3 aromatic rings. The quantitative estimate of drug-likeness (QED) is 0.586. The highest BCUT2D eigenvalue weighted by molar-refractivity contribution is 6.29. The topological polar surface area (TPSA) is 87.0 Å². The summed E-state index contributed by atoms with van der Waals surface area (Å²) in [7, 11) is 1.72. The van der Waals surface area contributed by atoms with Gasteiger partial charge in [-0.3, -0.25) is 0 Å². The molecule has 7 nitrogen and oxygen atoms in total. The Morgan fingerprint density at radius 1 is 1.26 bits per heavy atom. The van der Waals surface area contributed by atoms with Gasteiger partial charge in [-0.15, -0.1) is 0 Å². The van der Waals surface area contributed by atoms with Crippen molar-refractivity contribution in [1.82, 2.24) is 15.0 Å². The van der Waals surface area contributed by atoms with Crippen molar-refractivity contribution < 1.29 is 4.74 Å². The van der Waals surface area contributed by atoms with E-state index in [4.69, 9.17) is 21.3 Å². The molecule has 0 bridgehead atoms. The van der Waals surface area contributed by atoms with Gasteiger partial charge in [-0.1, -0.05) is 17.7 Å². The maximum Gasteiger partial charge on any atom is 0.183 e. The van der Waals surface area contributed by atoms with E-state index in [1.54, 1.807) is 13.2 Å². The van der Waals surface area contributed by atoms with Crippen molar-refractivity contribution in [3.63, 3.8) is 0 Å². The number of anilines is 2. The first kappa shape index (κ1) is 21.3. The lowest BCUT2D eigenvalue weighted by Crippen LogP contribution is -2.24. The van der Waals surface area contributed by atoms with E-state index < -0.39 is 0 Å². The number of methoxy groups -OCH3 is 1. The molecule has 31 heavy (non-hydrogen) atoms. The van der Waals surface area contributed by atoms with Crippen LogP contribution >= 0.6 is 11.6 Å². The molecule has 0 radical (unpaired) electrons. The lowest BCUT2D eigenvalue weighted by Gasteiger charge is -2.22. The average Bonchev–Trinajstić information content (AvgIpc) is 3.23. The number of pyridine rings is 1. The number of aryl methyl sites for hydroxylation is 2. The molecule has 160 valence electrons. The monoisotopic (exact) mass is 436 g/mol. The number of aromatic nitrogens is 3. The number of ether oxygens (including phenoxy) is 1. The summed E-state index contributed by atoms with van der Waals surface area (Å²) in [6.45, 7) is 7.52. The molecule has 1 aliphatic heterocycles. The predicted molar refractivity (Wildman–Crippen MR) is 123 cm³/mol. The van der Waals surface area contributed by atoms with E-state index in [-0.39, 0.29) is 12.1 Å². The molecular weight excluding hydrogens is 412 g/mol. The first-order valence-corrected chi connectivity index (χ1v) is 10.7. The molecule has 4 rings (SSSR count). The molecule has 2 atom stereocenters. The second kappa shape index (κ2) is 8.66. The number of halogens is 1. The van der Waals surface area contributed by atoms with Crippen LogP contribution in [0.1, 0.15) is 41.9 Å². The van der Waals surface area contributed by atoms with Crippen molar-refractivity contribution in [2.24, 2.45) is 0 Å². The van der Waals surface area contributed by atoms with Crippen molar-refractivity contribution in [2.75, 3.05) is 30.4 Å². The van der Waals surface area contributed by atoms with E-state index in [1.807, 2.05) is 26.0 Å². The summed E-state index contributed by atoms with van der Waals surface area (Å²) in [6, 6.07) is 9.97. The Morgan fingerprint density at radius 2 is 2.06 bits per heavy atom. The Balaban J connectivity index is 1.77. The number of hydrogen-bond acceptors (Lipinski definition) is 7. The van der Waals surface area contributed by atoms with E-state index in [1.165, 1.54) is 0 Å². The molecule has 1 aromatic carbocycles. The van der Waals surface area contributed by atoms with Crippen molar-refractivity contribution >= 4 is 34.1 Å². The molecule has 8 heteroatoms. The summed E-state index contributed by atoms with van der Waals surface area (Å²) in [5.74, 6) is 0.621. The van der Waals surface area contributed by atoms with Gasteiger partial charge >= 0.3 is 0 Å². The van der Waals surface area contributed by atoms with Crippen molar-refractivity contribution in [3.05, 3.63) is 51.9 Å². The van der Waals surface area contributed by atoms with Crippen LogP contribution in [0.3, 0.4) is 0 Å². The van der Waals surface area contributed by atoms with Gasteiger partial charge in [-0.2, -0.15) is 5.26 Å². The minimum atomic E-state index is -0.0514. The Kier molecular flexibility index (Phi) is 5.94. The van der Waals surface area contributed by atoms with Gasteiger partial charge in [0.1, 0.15) is 11.2 Å². The third-order valence-corrected chi connectivity index (χ3v) is 5.91. The molecule has 0 spiro atoms. The summed E-state index contributed by atoms with van der Waals surface area (Å²) in [5, 5.41) is 13.7. The predicted octanol–water partition coefficient (Wildman–Crippen LogP) is 4.56. The normalized spacial score (nSPS) is 17.0. The summed E-state index contributed by atoms with van der Waals surface area (Å²) in [5.41, 5.74) is 5.68. The van der Waals surface area contributed by atoms with Crippen molar-refractivity contribution in [2.45, 2.75) is 39.3 Å². The number of nitriles is 1. The van der Waals surface area contributed by atoms with Gasteiger partial charge in [0.2, 0.25) is 0 Å². The Hall–Kier alpha value is -2.95. The lowest BCUT2D eigenvalue weighted by molar-refractivity contribution is 0.121. The van der Waals surface area contributed by atoms with Gasteiger partial charge in [0, 0.05) is 25.8 Å². The molecule has 0 saturated carbocycles. The van der Waals surface area contributed by atoms with Crippen LogP contribution in [0.4, 0.5) is 11.5 Å². The first-order valence-electron chi connectivity index (χ1n) is 10.3. The Bertz CT molecular complexity index is 1170. The maximum absolute atomic E-state index is 9.72. The van der Waals surface area contributed by atoms with E-state index in [2.05, 4.69) is 39.2 Å². The van der Waals surface area contributed by atoms with E-state index in [0.717, 1.165) is 46.5 Å². The van der Waals surface area contributed by atoms with Crippen LogP contribution in [0.25, 0.3) is 11.0 Å². The van der Waals surface area contributed by atoms with Gasteiger partial charge in [0.05, 0.1) is 34.6 Å². The lowest BCUT2D eigenvalue weighted by atomic mass is 10.0. The molecular formula is C23H25ClN6O. The summed E-state index contributed by atoms with van der Waals surface area (Å²) >= 11 is 6.00. The number of rotatable bonds is 5. The molecule has 3 heterocycles. The van der Waals surface area contributed by atoms with Gasteiger partial charge in [0.15, 0.2) is 11.5 Å². The fourth-order valence-electron chi connectivity index (χ4n) is 4.06. The van der Waals surface area contributed by atoms with E-state index in [0.29, 0.717) is 23.2 Å². The Labute approximate surface area is 187 Å². The standard InChI is InChI=1S/C23H25ClN6O/c1-13-9-17(14(2)26-18-5-6-21(24)27-15(18)3)22-19(10-13)28-20(11-25)23(29-22)30-8-7-16(12-30)31-4/h5-6,9-10,14,16,26H,7-8,12H2,1-4H3/t14-,16?/m1/s1. The molecule has 1 unspecified atom stereocenters. The highest BCUT2D eigenvalue weighted by Gasteiger charge is 2.27. The fraction of sp³-hybridized carbons (Fsp3) is 0.391. The smallest absolute Gasteiger partial charge is 0.183 e.